The third-order valence-corrected chi connectivity index (χ3v) is 2.28. The fourth-order valence-electron chi connectivity index (χ4n) is 1.50. The highest BCUT2D eigenvalue weighted by Crippen LogP contribution is 2.45. The largest absolute Gasteiger partial charge is 0.197 e. The first kappa shape index (κ1) is 7.12. The molecule has 0 aromatic heterocycles. The molecule has 1 nitrogen and oxygen atoms in total. The van der Waals surface area contributed by atoms with Gasteiger partial charge in [-0.25, -0.2) is 0 Å². The minimum absolute atomic E-state index is 0.0902. The summed E-state index contributed by atoms with van der Waals surface area (Å²) >= 11 is 0. The van der Waals surface area contributed by atoms with Gasteiger partial charge in [-0.15, -0.1) is 0 Å². The highest BCUT2D eigenvalue weighted by atomic mass is 14.4. The van der Waals surface area contributed by atoms with Gasteiger partial charge in [-0.05, 0) is 23.6 Å². The van der Waals surface area contributed by atoms with Crippen LogP contribution in [0.4, 0.5) is 0 Å². The van der Waals surface area contributed by atoms with Crippen LogP contribution in [0.25, 0.3) is 5.57 Å². The predicted molar refractivity (Wildman–Crippen MR) is 48.1 cm³/mol. The Balaban J connectivity index is 2.32. The first-order valence-electron chi connectivity index (χ1n) is 4.00. The van der Waals surface area contributed by atoms with Gasteiger partial charge in [0.15, 0.2) is 0 Å². The van der Waals surface area contributed by atoms with E-state index in [4.69, 9.17) is 5.26 Å². The van der Waals surface area contributed by atoms with Crippen molar-refractivity contribution in [1.29, 1.82) is 5.26 Å². The summed E-state index contributed by atoms with van der Waals surface area (Å²) in [5.41, 5.74) is 3.64. The van der Waals surface area contributed by atoms with Crippen molar-refractivity contribution in [2.24, 2.45) is 5.92 Å². The van der Waals surface area contributed by atoms with Crippen molar-refractivity contribution in [1.82, 2.24) is 0 Å². The molecule has 0 radical (unpaired) electrons. The molecule has 1 aliphatic rings. The molecule has 0 amide bonds. The molecule has 0 bridgehead atoms. The van der Waals surface area contributed by atoms with Gasteiger partial charge in [-0.1, -0.05) is 30.3 Å². The van der Waals surface area contributed by atoms with Gasteiger partial charge in [0, 0.05) is 0 Å². The third kappa shape index (κ3) is 0.931. The van der Waals surface area contributed by atoms with Crippen LogP contribution >= 0.6 is 0 Å². The summed E-state index contributed by atoms with van der Waals surface area (Å²) in [6.07, 6.45) is 0. The summed E-state index contributed by atoms with van der Waals surface area (Å²) in [6, 6.07) is 12.4. The molecular formula is C11H9N. The topological polar surface area (TPSA) is 23.8 Å². The average Bonchev–Trinajstić information content (AvgIpc) is 2.78. The summed E-state index contributed by atoms with van der Waals surface area (Å²) in [6.45, 7) is 2.02. The van der Waals surface area contributed by atoms with Gasteiger partial charge in [0.05, 0.1) is 12.0 Å². The molecule has 1 unspecified atom stereocenters. The lowest BCUT2D eigenvalue weighted by atomic mass is 10.1. The summed E-state index contributed by atoms with van der Waals surface area (Å²) in [5.74, 6) is 0.0902. The lowest BCUT2D eigenvalue weighted by molar-refractivity contribution is 1.18. The van der Waals surface area contributed by atoms with Gasteiger partial charge in [0.1, 0.15) is 0 Å². The molecule has 0 heterocycles. The Bertz CT molecular complexity index is 368. The van der Waals surface area contributed by atoms with E-state index in [9.17, 15) is 0 Å². The first-order valence-corrected chi connectivity index (χ1v) is 4.00. The van der Waals surface area contributed by atoms with E-state index in [2.05, 4.69) is 18.2 Å². The summed E-state index contributed by atoms with van der Waals surface area (Å²) in [4.78, 5) is 0. The van der Waals surface area contributed by atoms with Crippen molar-refractivity contribution >= 4 is 5.57 Å². The van der Waals surface area contributed by atoms with Gasteiger partial charge >= 0.3 is 0 Å². The minimum Gasteiger partial charge on any atom is -0.197 e. The van der Waals surface area contributed by atoms with E-state index in [1.165, 1.54) is 16.7 Å². The second kappa shape index (κ2) is 2.49. The molecule has 0 fully saturated rings. The molecule has 58 valence electrons. The molecule has 0 aliphatic heterocycles. The molecule has 1 aromatic rings. The van der Waals surface area contributed by atoms with E-state index in [-0.39, 0.29) is 5.92 Å². The number of allylic oxidation sites excluding steroid dienone is 2. The number of rotatable bonds is 1. The number of nitrogens with zero attached hydrogens (tertiary/aromatic N) is 1. The van der Waals surface area contributed by atoms with Crippen LogP contribution < -0.4 is 0 Å². The lowest BCUT2D eigenvalue weighted by Crippen LogP contribution is -1.76. The molecule has 0 spiro atoms. The number of benzene rings is 1. The van der Waals surface area contributed by atoms with Crippen molar-refractivity contribution < 1.29 is 0 Å². The molecule has 12 heavy (non-hydrogen) atoms. The van der Waals surface area contributed by atoms with Crippen LogP contribution in [0.15, 0.2) is 35.9 Å². The van der Waals surface area contributed by atoms with E-state index in [0.29, 0.717) is 0 Å². The van der Waals surface area contributed by atoms with Crippen molar-refractivity contribution in [3.8, 4) is 6.07 Å². The lowest BCUT2D eigenvalue weighted by Gasteiger charge is -1.91. The molecule has 1 aromatic carbocycles. The normalized spacial score (nSPS) is 20.5. The molecular weight excluding hydrogens is 146 g/mol. The zero-order valence-corrected chi connectivity index (χ0v) is 6.91. The second-order valence-electron chi connectivity index (χ2n) is 3.02. The van der Waals surface area contributed by atoms with E-state index >= 15 is 0 Å². The van der Waals surface area contributed by atoms with Crippen molar-refractivity contribution in [3.63, 3.8) is 0 Å². The monoisotopic (exact) mass is 155 g/mol. The summed E-state index contributed by atoms with van der Waals surface area (Å²) in [5, 5.41) is 8.72. The van der Waals surface area contributed by atoms with Crippen LogP contribution in [0.2, 0.25) is 0 Å². The standard InChI is InChI=1S/C11H9N/c1-8-10(7-12)11(8)9-5-3-2-4-6-9/h2-6,10H,1H3. The number of hydrogen-bond acceptors (Lipinski definition) is 1. The molecule has 0 saturated heterocycles. The van der Waals surface area contributed by atoms with Crippen LogP contribution in [-0.4, -0.2) is 0 Å². The van der Waals surface area contributed by atoms with Crippen LogP contribution in [0.1, 0.15) is 12.5 Å². The fourth-order valence-corrected chi connectivity index (χ4v) is 1.50. The van der Waals surface area contributed by atoms with Crippen LogP contribution in [0.5, 0.6) is 0 Å². The average molecular weight is 155 g/mol. The first-order chi connectivity index (χ1) is 5.84. The highest BCUT2D eigenvalue weighted by molar-refractivity contribution is 5.87. The van der Waals surface area contributed by atoms with Crippen LogP contribution in [0.3, 0.4) is 0 Å². The van der Waals surface area contributed by atoms with Gasteiger partial charge in [-0.2, -0.15) is 5.26 Å². The van der Waals surface area contributed by atoms with E-state index in [1.807, 2.05) is 25.1 Å². The van der Waals surface area contributed by atoms with Crippen LogP contribution in [0, 0.1) is 17.2 Å². The van der Waals surface area contributed by atoms with Gasteiger partial charge in [-0.3, -0.25) is 0 Å². The SMILES string of the molecule is CC1=C(c2ccccc2)C1C#N. The number of nitriles is 1. The maximum absolute atomic E-state index is 8.72. The summed E-state index contributed by atoms with van der Waals surface area (Å²) < 4.78 is 0. The molecule has 0 saturated carbocycles. The van der Waals surface area contributed by atoms with Crippen molar-refractivity contribution in [2.45, 2.75) is 6.92 Å². The van der Waals surface area contributed by atoms with Crippen LogP contribution in [-0.2, 0) is 0 Å². The maximum Gasteiger partial charge on any atom is 0.0932 e. The maximum atomic E-state index is 8.72. The molecule has 0 N–H and O–H groups in total. The molecule has 1 heteroatoms. The smallest absolute Gasteiger partial charge is 0.0932 e. The van der Waals surface area contributed by atoms with E-state index in [1.54, 1.807) is 0 Å². The Morgan fingerprint density at radius 3 is 2.42 bits per heavy atom. The van der Waals surface area contributed by atoms with Gasteiger partial charge in [0.2, 0.25) is 0 Å². The zero-order valence-electron chi connectivity index (χ0n) is 6.91. The summed E-state index contributed by atoms with van der Waals surface area (Å²) in [7, 11) is 0. The Morgan fingerprint density at radius 1 is 1.25 bits per heavy atom. The van der Waals surface area contributed by atoms with Crippen molar-refractivity contribution in [2.75, 3.05) is 0 Å². The van der Waals surface area contributed by atoms with E-state index in [0.717, 1.165) is 0 Å². The highest BCUT2D eigenvalue weighted by Gasteiger charge is 2.33. The predicted octanol–water partition coefficient (Wildman–Crippen LogP) is 2.61. The Morgan fingerprint density at radius 2 is 1.92 bits per heavy atom. The van der Waals surface area contributed by atoms with Crippen molar-refractivity contribution in [3.05, 3.63) is 41.5 Å². The van der Waals surface area contributed by atoms with Gasteiger partial charge < -0.3 is 0 Å². The third-order valence-electron chi connectivity index (χ3n) is 2.28. The second-order valence-corrected chi connectivity index (χ2v) is 3.02. The molecule has 2 rings (SSSR count). The number of hydrogen-bond donors (Lipinski definition) is 0. The van der Waals surface area contributed by atoms with Gasteiger partial charge in [0.25, 0.3) is 0 Å². The minimum atomic E-state index is 0.0902. The zero-order chi connectivity index (χ0) is 8.55. The van der Waals surface area contributed by atoms with E-state index < -0.39 is 0 Å². The molecule has 1 aliphatic carbocycles. The Hall–Kier alpha value is -1.55. The fraction of sp³-hybridized carbons (Fsp3) is 0.182. The molecule has 1 atom stereocenters. The quantitative estimate of drug-likeness (QED) is 0.611. The Kier molecular flexibility index (Phi) is 1.48. The Labute approximate surface area is 72.0 Å².